The Morgan fingerprint density at radius 2 is 2.12 bits per heavy atom. The molecule has 0 saturated heterocycles. The summed E-state index contributed by atoms with van der Waals surface area (Å²) >= 11 is 0. The SMILES string of the molecule is C/C=C(\C=N)B(O)O. The molecule has 0 aliphatic carbocycles. The van der Waals surface area contributed by atoms with Crippen LogP contribution in [0.5, 0.6) is 0 Å². The largest absolute Gasteiger partial charge is 0.489 e. The molecule has 0 bridgehead atoms. The molecule has 3 N–H and O–H groups in total. The quantitative estimate of drug-likeness (QED) is 0.336. The molecule has 8 heavy (non-hydrogen) atoms. The van der Waals surface area contributed by atoms with Crippen LogP contribution in [0.15, 0.2) is 11.5 Å². The Balaban J connectivity index is 3.91. The minimum Gasteiger partial charge on any atom is -0.423 e. The summed E-state index contributed by atoms with van der Waals surface area (Å²) in [5, 5.41) is 23.3. The van der Waals surface area contributed by atoms with Gasteiger partial charge in [-0.25, -0.2) is 0 Å². The molecule has 0 radical (unpaired) electrons. The second-order valence-corrected chi connectivity index (χ2v) is 1.31. The van der Waals surface area contributed by atoms with Crippen molar-refractivity contribution in [1.82, 2.24) is 0 Å². The molecule has 0 aromatic carbocycles. The molecule has 0 spiro atoms. The van der Waals surface area contributed by atoms with E-state index in [1.165, 1.54) is 6.08 Å². The topological polar surface area (TPSA) is 64.3 Å². The Kier molecular flexibility index (Phi) is 3.15. The third-order valence-electron chi connectivity index (χ3n) is 0.798. The number of nitrogens with one attached hydrogen (secondary N) is 1. The second kappa shape index (κ2) is 3.40. The standard InChI is InChI=1S/C4H8BNO2/c1-2-4(3-6)5(7)8/h2-3,6-8H,1H3/b4-2+,6-3?. The fraction of sp³-hybridized carbons (Fsp3) is 0.250. The molecule has 0 aromatic heterocycles. The second-order valence-electron chi connectivity index (χ2n) is 1.31. The first kappa shape index (κ1) is 7.39. The van der Waals surface area contributed by atoms with Gasteiger partial charge in [0.25, 0.3) is 0 Å². The van der Waals surface area contributed by atoms with Gasteiger partial charge in [0.05, 0.1) is 0 Å². The molecular weight excluding hydrogens is 105 g/mol. The van der Waals surface area contributed by atoms with Gasteiger partial charge in [-0.2, -0.15) is 0 Å². The molecule has 0 aliphatic rings. The predicted octanol–water partition coefficient (Wildman–Crippen LogP) is -0.406. The normalized spacial score (nSPS) is 11.1. The van der Waals surface area contributed by atoms with E-state index < -0.39 is 7.12 Å². The number of hydrogen-bond donors (Lipinski definition) is 3. The number of rotatable bonds is 2. The zero-order chi connectivity index (χ0) is 6.57. The van der Waals surface area contributed by atoms with Gasteiger partial charge in [-0.3, -0.25) is 0 Å². The minimum absolute atomic E-state index is 0.213. The molecular formula is C4H8BNO2. The van der Waals surface area contributed by atoms with Crippen molar-refractivity contribution < 1.29 is 10.0 Å². The molecule has 0 saturated carbocycles. The fourth-order valence-corrected chi connectivity index (χ4v) is 0.307. The van der Waals surface area contributed by atoms with Gasteiger partial charge in [0.1, 0.15) is 0 Å². The van der Waals surface area contributed by atoms with Crippen LogP contribution in [0.4, 0.5) is 0 Å². The van der Waals surface area contributed by atoms with Crippen LogP contribution < -0.4 is 0 Å². The first-order valence-electron chi connectivity index (χ1n) is 2.25. The van der Waals surface area contributed by atoms with Crippen LogP contribution in [0.3, 0.4) is 0 Å². The van der Waals surface area contributed by atoms with Crippen molar-refractivity contribution in [1.29, 1.82) is 5.41 Å². The van der Waals surface area contributed by atoms with Crippen molar-refractivity contribution in [2.45, 2.75) is 6.92 Å². The highest BCUT2D eigenvalue weighted by atomic mass is 16.4. The third-order valence-corrected chi connectivity index (χ3v) is 0.798. The van der Waals surface area contributed by atoms with E-state index in [9.17, 15) is 0 Å². The third kappa shape index (κ3) is 1.91. The van der Waals surface area contributed by atoms with Crippen LogP contribution >= 0.6 is 0 Å². The Morgan fingerprint density at radius 3 is 2.12 bits per heavy atom. The van der Waals surface area contributed by atoms with Crippen molar-refractivity contribution in [3.63, 3.8) is 0 Å². The summed E-state index contributed by atoms with van der Waals surface area (Å²) in [6, 6.07) is 0. The molecule has 0 unspecified atom stereocenters. The Hall–Kier alpha value is -0.605. The zero-order valence-electron chi connectivity index (χ0n) is 4.63. The molecule has 44 valence electrons. The molecule has 4 heteroatoms. The van der Waals surface area contributed by atoms with Crippen molar-refractivity contribution in [2.24, 2.45) is 0 Å². The van der Waals surface area contributed by atoms with E-state index in [2.05, 4.69) is 0 Å². The van der Waals surface area contributed by atoms with Gasteiger partial charge < -0.3 is 15.5 Å². The van der Waals surface area contributed by atoms with Gasteiger partial charge in [-0.15, -0.1) is 0 Å². The van der Waals surface area contributed by atoms with E-state index in [1.54, 1.807) is 6.92 Å². The molecule has 0 rings (SSSR count). The Labute approximate surface area is 48.3 Å². The van der Waals surface area contributed by atoms with E-state index in [0.29, 0.717) is 0 Å². The fourth-order valence-electron chi connectivity index (χ4n) is 0.307. The first-order valence-corrected chi connectivity index (χ1v) is 2.25. The number of allylic oxidation sites excluding steroid dienone is 2. The van der Waals surface area contributed by atoms with Gasteiger partial charge in [-0.05, 0) is 12.4 Å². The van der Waals surface area contributed by atoms with Crippen LogP contribution in [0.1, 0.15) is 6.92 Å². The van der Waals surface area contributed by atoms with Gasteiger partial charge in [0.15, 0.2) is 0 Å². The molecule has 0 aromatic rings. The summed E-state index contributed by atoms with van der Waals surface area (Å²) in [4.78, 5) is 0. The van der Waals surface area contributed by atoms with Crippen molar-refractivity contribution in [3.8, 4) is 0 Å². The van der Waals surface area contributed by atoms with Crippen molar-refractivity contribution in [3.05, 3.63) is 11.5 Å². The van der Waals surface area contributed by atoms with Crippen molar-refractivity contribution >= 4 is 13.3 Å². The van der Waals surface area contributed by atoms with E-state index in [1.807, 2.05) is 0 Å². The summed E-state index contributed by atoms with van der Waals surface area (Å²) in [5.74, 6) is 0. The number of hydrogen-bond acceptors (Lipinski definition) is 3. The summed E-state index contributed by atoms with van der Waals surface area (Å²) in [6.45, 7) is 1.64. The molecule has 0 amide bonds. The Bertz CT molecular complexity index is 111. The van der Waals surface area contributed by atoms with E-state index >= 15 is 0 Å². The van der Waals surface area contributed by atoms with E-state index in [-0.39, 0.29) is 5.47 Å². The summed E-state index contributed by atoms with van der Waals surface area (Å²) in [6.07, 6.45) is 2.38. The maximum absolute atomic E-state index is 8.35. The van der Waals surface area contributed by atoms with Crippen LogP contribution in [0.25, 0.3) is 0 Å². The van der Waals surface area contributed by atoms with E-state index in [4.69, 9.17) is 15.5 Å². The van der Waals surface area contributed by atoms with Crippen LogP contribution in [0, 0.1) is 5.41 Å². The molecule has 0 atom stereocenters. The monoisotopic (exact) mass is 113 g/mol. The first-order chi connectivity index (χ1) is 3.72. The van der Waals surface area contributed by atoms with Crippen molar-refractivity contribution in [2.75, 3.05) is 0 Å². The highest BCUT2D eigenvalue weighted by Gasteiger charge is 2.09. The lowest BCUT2D eigenvalue weighted by Gasteiger charge is -1.92. The highest BCUT2D eigenvalue weighted by molar-refractivity contribution is 6.56. The minimum atomic E-state index is -1.50. The maximum atomic E-state index is 8.35. The van der Waals surface area contributed by atoms with E-state index in [0.717, 1.165) is 6.21 Å². The lowest BCUT2D eigenvalue weighted by Crippen LogP contribution is -2.15. The van der Waals surface area contributed by atoms with Crippen LogP contribution in [-0.4, -0.2) is 23.4 Å². The molecule has 0 fully saturated rings. The molecule has 3 nitrogen and oxygen atoms in total. The lowest BCUT2D eigenvalue weighted by molar-refractivity contribution is 0.422. The lowest BCUT2D eigenvalue weighted by atomic mass is 9.80. The smallest absolute Gasteiger partial charge is 0.423 e. The van der Waals surface area contributed by atoms with Gasteiger partial charge in [0.2, 0.25) is 0 Å². The van der Waals surface area contributed by atoms with Gasteiger partial charge in [0, 0.05) is 6.21 Å². The highest BCUT2D eigenvalue weighted by Crippen LogP contribution is 1.88. The van der Waals surface area contributed by atoms with Crippen LogP contribution in [0.2, 0.25) is 0 Å². The van der Waals surface area contributed by atoms with Gasteiger partial charge >= 0.3 is 7.12 Å². The molecule has 0 aliphatic heterocycles. The summed E-state index contributed by atoms with van der Waals surface area (Å²) in [5.41, 5.74) is 0.213. The molecule has 0 heterocycles. The average Bonchev–Trinajstić information content (AvgIpc) is 1.69. The van der Waals surface area contributed by atoms with Crippen LogP contribution in [-0.2, 0) is 0 Å². The summed E-state index contributed by atoms with van der Waals surface area (Å²) < 4.78 is 0. The zero-order valence-corrected chi connectivity index (χ0v) is 4.63. The maximum Gasteiger partial charge on any atom is 0.489 e. The predicted molar refractivity (Wildman–Crippen MR) is 32.7 cm³/mol. The average molecular weight is 113 g/mol. The summed E-state index contributed by atoms with van der Waals surface area (Å²) in [7, 11) is -1.50. The Morgan fingerprint density at radius 1 is 1.62 bits per heavy atom. The van der Waals surface area contributed by atoms with Gasteiger partial charge in [-0.1, -0.05) is 6.08 Å².